The van der Waals surface area contributed by atoms with Gasteiger partial charge in [-0.3, -0.25) is 0 Å². The van der Waals surface area contributed by atoms with Crippen LogP contribution >= 0.6 is 0 Å². The Kier molecular flexibility index (Phi) is 4.77. The molecular weight excluding hydrogens is 269 g/mol. The molecule has 2 aromatic rings. The Bertz CT molecular complexity index is 596. The van der Waals surface area contributed by atoms with Crippen molar-refractivity contribution < 1.29 is 9.18 Å². The van der Waals surface area contributed by atoms with Crippen LogP contribution in [0.5, 0.6) is 0 Å². The summed E-state index contributed by atoms with van der Waals surface area (Å²) in [6.45, 7) is 1.89. The fourth-order valence-electron chi connectivity index (χ4n) is 1.98. The second-order valence-electron chi connectivity index (χ2n) is 4.95. The van der Waals surface area contributed by atoms with Crippen molar-refractivity contribution in [3.63, 3.8) is 0 Å². The fraction of sp³-hybridized carbons (Fsp3) is 0.188. The summed E-state index contributed by atoms with van der Waals surface area (Å²) in [5, 5.41) is 5.56. The number of hydrogen-bond acceptors (Lipinski definition) is 2. The molecular formula is C16H18FN3O. The molecule has 0 bridgehead atoms. The summed E-state index contributed by atoms with van der Waals surface area (Å²) in [4.78, 5) is 11.8. The van der Waals surface area contributed by atoms with Gasteiger partial charge in [0.15, 0.2) is 0 Å². The molecule has 5 heteroatoms. The first-order valence-corrected chi connectivity index (χ1v) is 6.70. The topological polar surface area (TPSA) is 67.2 Å². The molecule has 0 aromatic heterocycles. The zero-order chi connectivity index (χ0) is 15.2. The Morgan fingerprint density at radius 3 is 2.38 bits per heavy atom. The molecule has 1 unspecified atom stereocenters. The highest BCUT2D eigenvalue weighted by molar-refractivity contribution is 5.89. The minimum Gasteiger partial charge on any atom is -0.399 e. The van der Waals surface area contributed by atoms with Crippen molar-refractivity contribution in [2.24, 2.45) is 0 Å². The molecule has 2 rings (SSSR count). The minimum atomic E-state index is -0.283. The van der Waals surface area contributed by atoms with Gasteiger partial charge in [-0.1, -0.05) is 12.1 Å². The lowest BCUT2D eigenvalue weighted by Gasteiger charge is -2.15. The number of rotatable bonds is 4. The molecule has 4 nitrogen and oxygen atoms in total. The highest BCUT2D eigenvalue weighted by Gasteiger charge is 2.08. The quantitative estimate of drug-likeness (QED) is 0.756. The molecule has 0 saturated carbocycles. The molecule has 0 spiro atoms. The average molecular weight is 287 g/mol. The lowest BCUT2D eigenvalue weighted by Crippen LogP contribution is -2.37. The SMILES string of the molecule is CC(Cc1ccc(F)cc1)NC(=O)Nc1ccc(N)cc1. The number of halogens is 1. The number of urea groups is 1. The predicted octanol–water partition coefficient (Wildman–Crippen LogP) is 3.16. The van der Waals surface area contributed by atoms with Gasteiger partial charge in [0.25, 0.3) is 0 Å². The van der Waals surface area contributed by atoms with Gasteiger partial charge >= 0.3 is 6.03 Å². The summed E-state index contributed by atoms with van der Waals surface area (Å²) in [6, 6.07) is 12.8. The van der Waals surface area contributed by atoms with Gasteiger partial charge < -0.3 is 16.4 Å². The molecule has 0 aliphatic heterocycles. The van der Waals surface area contributed by atoms with Crippen molar-refractivity contribution >= 4 is 17.4 Å². The summed E-state index contributed by atoms with van der Waals surface area (Å²) in [5.74, 6) is -0.263. The van der Waals surface area contributed by atoms with Crippen LogP contribution in [0.2, 0.25) is 0 Å². The summed E-state index contributed by atoms with van der Waals surface area (Å²) in [6.07, 6.45) is 0.634. The second kappa shape index (κ2) is 6.74. The van der Waals surface area contributed by atoms with E-state index in [4.69, 9.17) is 5.73 Å². The van der Waals surface area contributed by atoms with Gasteiger partial charge in [-0.15, -0.1) is 0 Å². The van der Waals surface area contributed by atoms with Crippen LogP contribution in [0.1, 0.15) is 12.5 Å². The first-order valence-electron chi connectivity index (χ1n) is 6.70. The Labute approximate surface area is 123 Å². The normalized spacial score (nSPS) is 11.7. The van der Waals surface area contributed by atoms with Crippen LogP contribution in [-0.2, 0) is 6.42 Å². The predicted molar refractivity (Wildman–Crippen MR) is 82.6 cm³/mol. The van der Waals surface area contributed by atoms with E-state index in [1.165, 1.54) is 12.1 Å². The molecule has 0 aliphatic rings. The lowest BCUT2D eigenvalue weighted by molar-refractivity contribution is 0.249. The molecule has 0 saturated heterocycles. The maximum atomic E-state index is 12.8. The van der Waals surface area contributed by atoms with Crippen molar-refractivity contribution in [1.82, 2.24) is 5.32 Å². The van der Waals surface area contributed by atoms with Crippen molar-refractivity contribution in [3.8, 4) is 0 Å². The fourth-order valence-corrected chi connectivity index (χ4v) is 1.98. The van der Waals surface area contributed by atoms with Crippen molar-refractivity contribution in [3.05, 3.63) is 59.9 Å². The Morgan fingerprint density at radius 2 is 1.76 bits per heavy atom. The molecule has 2 aromatic carbocycles. The van der Waals surface area contributed by atoms with E-state index in [1.807, 2.05) is 6.92 Å². The smallest absolute Gasteiger partial charge is 0.319 e. The molecule has 110 valence electrons. The largest absolute Gasteiger partial charge is 0.399 e. The Balaban J connectivity index is 1.84. The van der Waals surface area contributed by atoms with Gasteiger partial charge in [0.1, 0.15) is 5.82 Å². The molecule has 1 atom stereocenters. The lowest BCUT2D eigenvalue weighted by atomic mass is 10.1. The summed E-state index contributed by atoms with van der Waals surface area (Å²) < 4.78 is 12.8. The second-order valence-corrected chi connectivity index (χ2v) is 4.95. The molecule has 2 amide bonds. The highest BCUT2D eigenvalue weighted by atomic mass is 19.1. The average Bonchev–Trinajstić information content (AvgIpc) is 2.44. The van der Waals surface area contributed by atoms with Crippen molar-refractivity contribution in [1.29, 1.82) is 0 Å². The first kappa shape index (κ1) is 14.8. The van der Waals surface area contributed by atoms with Gasteiger partial charge in [0.05, 0.1) is 0 Å². The molecule has 21 heavy (non-hydrogen) atoms. The molecule has 0 radical (unpaired) electrons. The van der Waals surface area contributed by atoms with Crippen LogP contribution in [0.15, 0.2) is 48.5 Å². The number of carbonyl (C=O) groups is 1. The standard InChI is InChI=1S/C16H18FN3O/c1-11(10-12-2-4-13(17)5-3-12)19-16(21)20-15-8-6-14(18)7-9-15/h2-9,11H,10,18H2,1H3,(H2,19,20,21). The van der Waals surface area contributed by atoms with Gasteiger partial charge in [-0.2, -0.15) is 0 Å². The maximum absolute atomic E-state index is 12.8. The zero-order valence-electron chi connectivity index (χ0n) is 11.8. The number of nitrogen functional groups attached to an aromatic ring is 1. The third kappa shape index (κ3) is 4.80. The van der Waals surface area contributed by atoms with Crippen LogP contribution in [0.3, 0.4) is 0 Å². The monoisotopic (exact) mass is 287 g/mol. The molecule has 4 N–H and O–H groups in total. The summed E-state index contributed by atoms with van der Waals surface area (Å²) in [5.41, 5.74) is 7.87. The van der Waals surface area contributed by atoms with Crippen molar-refractivity contribution in [2.75, 3.05) is 11.1 Å². The van der Waals surface area contributed by atoms with E-state index in [0.29, 0.717) is 17.8 Å². The van der Waals surface area contributed by atoms with E-state index in [2.05, 4.69) is 10.6 Å². The number of hydrogen-bond donors (Lipinski definition) is 3. The van der Waals surface area contributed by atoms with Crippen LogP contribution in [0, 0.1) is 5.82 Å². The Morgan fingerprint density at radius 1 is 1.14 bits per heavy atom. The highest BCUT2D eigenvalue weighted by Crippen LogP contribution is 2.10. The summed E-state index contributed by atoms with van der Waals surface area (Å²) in [7, 11) is 0. The number of anilines is 2. The van der Waals surface area contributed by atoms with E-state index in [0.717, 1.165) is 5.56 Å². The number of nitrogens with one attached hydrogen (secondary N) is 2. The number of nitrogens with two attached hydrogens (primary N) is 1. The van der Waals surface area contributed by atoms with Gasteiger partial charge in [0.2, 0.25) is 0 Å². The molecule has 0 aliphatic carbocycles. The maximum Gasteiger partial charge on any atom is 0.319 e. The van der Waals surface area contributed by atoms with Crippen LogP contribution in [0.25, 0.3) is 0 Å². The van der Waals surface area contributed by atoms with E-state index >= 15 is 0 Å². The van der Waals surface area contributed by atoms with Crippen molar-refractivity contribution in [2.45, 2.75) is 19.4 Å². The molecule has 0 heterocycles. The van der Waals surface area contributed by atoms with Gasteiger partial charge in [-0.25, -0.2) is 9.18 Å². The number of carbonyl (C=O) groups excluding carboxylic acids is 1. The first-order chi connectivity index (χ1) is 10.0. The van der Waals surface area contributed by atoms with Crippen LogP contribution < -0.4 is 16.4 Å². The van der Waals surface area contributed by atoms with Gasteiger partial charge in [-0.05, 0) is 55.3 Å². The van der Waals surface area contributed by atoms with Gasteiger partial charge in [0, 0.05) is 17.4 Å². The minimum absolute atomic E-state index is 0.0655. The number of amides is 2. The van der Waals surface area contributed by atoms with E-state index < -0.39 is 0 Å². The van der Waals surface area contributed by atoms with E-state index in [9.17, 15) is 9.18 Å². The van der Waals surface area contributed by atoms with E-state index in [1.54, 1.807) is 36.4 Å². The van der Waals surface area contributed by atoms with E-state index in [-0.39, 0.29) is 17.9 Å². The molecule has 0 fully saturated rings. The van der Waals surface area contributed by atoms with Crippen LogP contribution in [-0.4, -0.2) is 12.1 Å². The number of benzene rings is 2. The van der Waals surface area contributed by atoms with Crippen LogP contribution in [0.4, 0.5) is 20.6 Å². The zero-order valence-corrected chi connectivity index (χ0v) is 11.8. The summed E-state index contributed by atoms with van der Waals surface area (Å²) >= 11 is 0. The third-order valence-electron chi connectivity index (χ3n) is 3.00. The third-order valence-corrected chi connectivity index (χ3v) is 3.00. The Hall–Kier alpha value is -2.56.